The van der Waals surface area contributed by atoms with Crippen molar-refractivity contribution in [3.05, 3.63) is 56.8 Å². The molecule has 1 atom stereocenters. The fourth-order valence-corrected chi connectivity index (χ4v) is 2.52. The number of para-hydroxylation sites is 2. The van der Waals surface area contributed by atoms with Gasteiger partial charge in [0.25, 0.3) is 5.69 Å². The Bertz CT molecular complexity index is 526. The minimum Gasteiger partial charge on any atom is -0.377 e. The molecule has 0 aliphatic heterocycles. The third kappa shape index (κ3) is 3.07. The summed E-state index contributed by atoms with van der Waals surface area (Å²) < 4.78 is 0. The summed E-state index contributed by atoms with van der Waals surface area (Å²) in [6.07, 6.45) is 0.857. The number of hydrogen-bond donors (Lipinski definition) is 1. The molecule has 0 aliphatic rings. The van der Waals surface area contributed by atoms with Gasteiger partial charge in [0.2, 0.25) is 0 Å². The number of thiophene rings is 1. The van der Waals surface area contributed by atoms with Crippen LogP contribution in [0.1, 0.15) is 12.5 Å². The summed E-state index contributed by atoms with van der Waals surface area (Å²) in [5.74, 6) is 0. The number of nitrogens with one attached hydrogen (secondary N) is 1. The molecule has 0 spiro atoms. The van der Waals surface area contributed by atoms with Crippen molar-refractivity contribution in [2.45, 2.75) is 19.4 Å². The van der Waals surface area contributed by atoms with Crippen LogP contribution in [0, 0.1) is 10.1 Å². The third-order valence-corrected chi connectivity index (χ3v) is 3.36. The molecule has 94 valence electrons. The van der Waals surface area contributed by atoms with E-state index in [9.17, 15) is 10.1 Å². The zero-order valence-corrected chi connectivity index (χ0v) is 10.8. The molecule has 1 aromatic heterocycles. The van der Waals surface area contributed by atoms with E-state index in [1.165, 1.54) is 11.6 Å². The standard InChI is InChI=1S/C13H14N2O2S/c1-10(8-11-6-7-18-9-11)14-12-4-2-3-5-13(12)15(16)17/h2-7,9-10,14H,8H2,1H3. The Morgan fingerprint density at radius 2 is 2.17 bits per heavy atom. The summed E-state index contributed by atoms with van der Waals surface area (Å²) >= 11 is 1.66. The predicted molar refractivity (Wildman–Crippen MR) is 74.2 cm³/mol. The van der Waals surface area contributed by atoms with Gasteiger partial charge in [0.1, 0.15) is 5.69 Å². The van der Waals surface area contributed by atoms with Crippen LogP contribution in [0.3, 0.4) is 0 Å². The van der Waals surface area contributed by atoms with E-state index in [4.69, 9.17) is 0 Å². The maximum absolute atomic E-state index is 10.9. The van der Waals surface area contributed by atoms with Gasteiger partial charge in [-0.3, -0.25) is 10.1 Å². The average Bonchev–Trinajstić information content (AvgIpc) is 2.82. The van der Waals surface area contributed by atoms with Gasteiger partial charge < -0.3 is 5.32 Å². The molecular formula is C13H14N2O2S. The summed E-state index contributed by atoms with van der Waals surface area (Å²) in [4.78, 5) is 10.5. The Balaban J connectivity index is 2.07. The molecule has 0 radical (unpaired) electrons. The van der Waals surface area contributed by atoms with Crippen molar-refractivity contribution in [3.8, 4) is 0 Å². The first-order valence-corrected chi connectivity index (χ1v) is 6.62. The normalized spacial score (nSPS) is 12.1. The Morgan fingerprint density at radius 3 is 2.83 bits per heavy atom. The molecule has 1 unspecified atom stereocenters. The molecule has 4 nitrogen and oxygen atoms in total. The fourth-order valence-electron chi connectivity index (χ4n) is 1.83. The topological polar surface area (TPSA) is 55.2 Å². The second-order valence-corrected chi connectivity index (χ2v) is 4.94. The van der Waals surface area contributed by atoms with Gasteiger partial charge in [-0.05, 0) is 41.8 Å². The molecule has 0 saturated heterocycles. The van der Waals surface area contributed by atoms with Gasteiger partial charge in [0.15, 0.2) is 0 Å². The van der Waals surface area contributed by atoms with E-state index in [1.807, 2.05) is 12.3 Å². The number of anilines is 1. The van der Waals surface area contributed by atoms with Crippen LogP contribution in [-0.4, -0.2) is 11.0 Å². The lowest BCUT2D eigenvalue weighted by atomic mass is 10.1. The smallest absolute Gasteiger partial charge is 0.292 e. The van der Waals surface area contributed by atoms with Crippen LogP contribution in [0.5, 0.6) is 0 Å². The monoisotopic (exact) mass is 262 g/mol. The number of nitrogens with zero attached hydrogens (tertiary/aromatic N) is 1. The van der Waals surface area contributed by atoms with Crippen molar-refractivity contribution >= 4 is 22.7 Å². The predicted octanol–water partition coefficient (Wildman–Crippen LogP) is 3.70. The lowest BCUT2D eigenvalue weighted by molar-refractivity contribution is -0.384. The minimum absolute atomic E-state index is 0.120. The first kappa shape index (κ1) is 12.6. The maximum atomic E-state index is 10.9. The van der Waals surface area contributed by atoms with Gasteiger partial charge in [0.05, 0.1) is 4.92 Å². The molecule has 1 heterocycles. The molecule has 2 rings (SSSR count). The van der Waals surface area contributed by atoms with Crippen LogP contribution in [0.2, 0.25) is 0 Å². The summed E-state index contributed by atoms with van der Waals surface area (Å²) in [5.41, 5.74) is 1.94. The van der Waals surface area contributed by atoms with Crippen molar-refractivity contribution in [2.24, 2.45) is 0 Å². The third-order valence-electron chi connectivity index (χ3n) is 2.62. The fraction of sp³-hybridized carbons (Fsp3) is 0.231. The van der Waals surface area contributed by atoms with E-state index in [0.717, 1.165) is 6.42 Å². The van der Waals surface area contributed by atoms with Gasteiger partial charge in [-0.2, -0.15) is 11.3 Å². The molecule has 5 heteroatoms. The lowest BCUT2D eigenvalue weighted by Gasteiger charge is -2.14. The van der Waals surface area contributed by atoms with Gasteiger partial charge in [-0.15, -0.1) is 0 Å². The van der Waals surface area contributed by atoms with Crippen LogP contribution >= 0.6 is 11.3 Å². The van der Waals surface area contributed by atoms with E-state index < -0.39 is 0 Å². The summed E-state index contributed by atoms with van der Waals surface area (Å²) in [7, 11) is 0. The van der Waals surface area contributed by atoms with Gasteiger partial charge in [0, 0.05) is 12.1 Å². The van der Waals surface area contributed by atoms with Gasteiger partial charge in [-0.1, -0.05) is 12.1 Å². The number of rotatable bonds is 5. The number of hydrogen-bond acceptors (Lipinski definition) is 4. The highest BCUT2D eigenvalue weighted by atomic mass is 32.1. The number of nitro benzene ring substituents is 1. The largest absolute Gasteiger partial charge is 0.377 e. The minimum atomic E-state index is -0.361. The Kier molecular flexibility index (Phi) is 3.94. The van der Waals surface area contributed by atoms with Crippen molar-refractivity contribution in [2.75, 3.05) is 5.32 Å². The molecule has 0 bridgehead atoms. The SMILES string of the molecule is CC(Cc1ccsc1)Nc1ccccc1[N+](=O)[O-]. The quantitative estimate of drug-likeness (QED) is 0.660. The highest BCUT2D eigenvalue weighted by Crippen LogP contribution is 2.24. The van der Waals surface area contributed by atoms with Crippen LogP contribution < -0.4 is 5.32 Å². The highest BCUT2D eigenvalue weighted by Gasteiger charge is 2.14. The average molecular weight is 262 g/mol. The van der Waals surface area contributed by atoms with Crippen molar-refractivity contribution in [1.82, 2.24) is 0 Å². The Hall–Kier alpha value is -1.88. The number of nitro groups is 1. The lowest BCUT2D eigenvalue weighted by Crippen LogP contribution is -2.18. The van der Waals surface area contributed by atoms with E-state index in [2.05, 4.69) is 16.8 Å². The first-order valence-electron chi connectivity index (χ1n) is 5.68. The molecule has 18 heavy (non-hydrogen) atoms. The Labute approximate surface area is 109 Å². The Morgan fingerprint density at radius 1 is 1.39 bits per heavy atom. The zero-order valence-electron chi connectivity index (χ0n) is 10.00. The van der Waals surface area contributed by atoms with Crippen LogP contribution in [0.15, 0.2) is 41.1 Å². The highest BCUT2D eigenvalue weighted by molar-refractivity contribution is 7.07. The van der Waals surface area contributed by atoms with E-state index in [-0.39, 0.29) is 16.7 Å². The molecule has 2 aromatic rings. The van der Waals surface area contributed by atoms with Gasteiger partial charge >= 0.3 is 0 Å². The summed E-state index contributed by atoms with van der Waals surface area (Å²) in [5, 5.41) is 18.2. The molecule has 1 N–H and O–H groups in total. The van der Waals surface area contributed by atoms with Crippen LogP contribution in [-0.2, 0) is 6.42 Å². The van der Waals surface area contributed by atoms with Crippen LogP contribution in [0.4, 0.5) is 11.4 Å². The molecule has 0 saturated carbocycles. The number of benzene rings is 1. The van der Waals surface area contributed by atoms with Crippen LogP contribution in [0.25, 0.3) is 0 Å². The van der Waals surface area contributed by atoms with Crippen molar-refractivity contribution < 1.29 is 4.92 Å². The maximum Gasteiger partial charge on any atom is 0.292 e. The van der Waals surface area contributed by atoms with Crippen molar-refractivity contribution in [3.63, 3.8) is 0 Å². The zero-order chi connectivity index (χ0) is 13.0. The van der Waals surface area contributed by atoms with E-state index in [0.29, 0.717) is 5.69 Å². The van der Waals surface area contributed by atoms with Crippen molar-refractivity contribution in [1.29, 1.82) is 0 Å². The molecule has 0 fully saturated rings. The summed E-state index contributed by atoms with van der Waals surface area (Å²) in [6.45, 7) is 2.02. The molecular weight excluding hydrogens is 248 g/mol. The second-order valence-electron chi connectivity index (χ2n) is 4.16. The summed E-state index contributed by atoms with van der Waals surface area (Å²) in [6, 6.07) is 8.95. The van der Waals surface area contributed by atoms with E-state index >= 15 is 0 Å². The molecule has 0 amide bonds. The van der Waals surface area contributed by atoms with Gasteiger partial charge in [-0.25, -0.2) is 0 Å². The van der Waals surface area contributed by atoms with E-state index in [1.54, 1.807) is 29.5 Å². The first-order chi connectivity index (χ1) is 8.66. The second kappa shape index (κ2) is 5.64. The molecule has 0 aliphatic carbocycles. The molecule has 1 aromatic carbocycles.